The molecule has 3 nitrogen and oxygen atoms in total. The zero-order valence-corrected chi connectivity index (χ0v) is 10.2. The molecule has 4 heteroatoms. The summed E-state index contributed by atoms with van der Waals surface area (Å²) in [5.74, 6) is 0.862. The number of halogens is 1. The molecule has 1 aliphatic rings. The Balaban J connectivity index is 1.77. The van der Waals surface area contributed by atoms with Gasteiger partial charge in [0.25, 0.3) is 0 Å². The third kappa shape index (κ3) is 3.33. The molecule has 0 bridgehead atoms. The third-order valence-electron chi connectivity index (χ3n) is 2.76. The average molecular weight is 274 g/mol. The van der Waals surface area contributed by atoms with Crippen LogP contribution in [-0.2, 0) is 11.3 Å². The molecule has 0 saturated heterocycles. The van der Waals surface area contributed by atoms with Gasteiger partial charge in [-0.25, -0.2) is 0 Å². The van der Waals surface area contributed by atoms with Gasteiger partial charge < -0.3 is 14.9 Å². The molecule has 1 aromatic heterocycles. The van der Waals surface area contributed by atoms with E-state index in [1.54, 1.807) is 0 Å². The van der Waals surface area contributed by atoms with Crippen molar-refractivity contribution < 1.29 is 9.15 Å². The molecule has 1 aliphatic carbocycles. The van der Waals surface area contributed by atoms with Gasteiger partial charge in [-0.2, -0.15) is 0 Å². The van der Waals surface area contributed by atoms with Gasteiger partial charge in [0.2, 0.25) is 0 Å². The summed E-state index contributed by atoms with van der Waals surface area (Å²) in [6.45, 7) is 0.545. The van der Waals surface area contributed by atoms with Crippen molar-refractivity contribution in [2.75, 3.05) is 0 Å². The van der Waals surface area contributed by atoms with Crippen LogP contribution in [0.4, 0.5) is 0 Å². The first-order valence-corrected chi connectivity index (χ1v) is 6.15. The van der Waals surface area contributed by atoms with Crippen molar-refractivity contribution in [1.82, 2.24) is 0 Å². The van der Waals surface area contributed by atoms with Gasteiger partial charge in [0.1, 0.15) is 12.4 Å². The maximum Gasteiger partial charge on any atom is 0.169 e. The van der Waals surface area contributed by atoms with E-state index in [2.05, 4.69) is 15.9 Å². The van der Waals surface area contributed by atoms with Gasteiger partial charge in [0, 0.05) is 6.04 Å². The summed E-state index contributed by atoms with van der Waals surface area (Å²) in [5, 5.41) is 0. The van der Waals surface area contributed by atoms with Crippen LogP contribution in [0.25, 0.3) is 0 Å². The van der Waals surface area contributed by atoms with Gasteiger partial charge in [0.05, 0.1) is 6.10 Å². The lowest BCUT2D eigenvalue weighted by Gasteiger charge is -2.26. The van der Waals surface area contributed by atoms with Crippen LogP contribution in [0, 0.1) is 0 Å². The lowest BCUT2D eigenvalue weighted by atomic mass is 9.94. The second-order valence-electron chi connectivity index (χ2n) is 4.07. The smallest absolute Gasteiger partial charge is 0.169 e. The zero-order chi connectivity index (χ0) is 10.7. The molecule has 84 valence electrons. The summed E-state index contributed by atoms with van der Waals surface area (Å²) in [4.78, 5) is 0. The Kier molecular flexibility index (Phi) is 3.83. The molecular formula is C11H16BrNO2. The van der Waals surface area contributed by atoms with Gasteiger partial charge in [0.15, 0.2) is 4.67 Å². The zero-order valence-electron chi connectivity index (χ0n) is 8.62. The van der Waals surface area contributed by atoms with Crippen LogP contribution < -0.4 is 5.73 Å². The fourth-order valence-corrected chi connectivity index (χ4v) is 2.30. The normalized spacial score (nSPS) is 26.8. The SMILES string of the molecule is NC1CCCC(OCc2ccc(Br)o2)C1. The monoisotopic (exact) mass is 273 g/mol. The predicted molar refractivity (Wildman–Crippen MR) is 61.4 cm³/mol. The minimum absolute atomic E-state index is 0.303. The van der Waals surface area contributed by atoms with Crippen molar-refractivity contribution in [3.63, 3.8) is 0 Å². The maximum atomic E-state index is 5.89. The Labute approximate surface area is 98.1 Å². The standard InChI is InChI=1S/C11H16BrNO2/c12-11-5-4-10(15-11)7-14-9-3-1-2-8(13)6-9/h4-5,8-9H,1-3,6-7,13H2. The van der Waals surface area contributed by atoms with Crippen molar-refractivity contribution in [3.05, 3.63) is 22.6 Å². The van der Waals surface area contributed by atoms with Crippen molar-refractivity contribution in [2.45, 2.75) is 44.4 Å². The van der Waals surface area contributed by atoms with Crippen molar-refractivity contribution in [2.24, 2.45) is 5.73 Å². The molecule has 1 saturated carbocycles. The summed E-state index contributed by atoms with van der Waals surface area (Å²) in [6.07, 6.45) is 4.70. The fourth-order valence-electron chi connectivity index (χ4n) is 1.96. The van der Waals surface area contributed by atoms with Gasteiger partial charge >= 0.3 is 0 Å². The Bertz CT molecular complexity index is 313. The van der Waals surface area contributed by atoms with E-state index in [4.69, 9.17) is 14.9 Å². The number of hydrogen-bond acceptors (Lipinski definition) is 3. The first-order valence-electron chi connectivity index (χ1n) is 5.35. The van der Waals surface area contributed by atoms with E-state index in [0.29, 0.717) is 18.8 Å². The summed E-state index contributed by atoms with van der Waals surface area (Å²) >= 11 is 3.27. The highest BCUT2D eigenvalue weighted by Crippen LogP contribution is 2.22. The Morgan fingerprint density at radius 1 is 1.47 bits per heavy atom. The van der Waals surface area contributed by atoms with E-state index >= 15 is 0 Å². The molecule has 0 aliphatic heterocycles. The van der Waals surface area contributed by atoms with E-state index in [9.17, 15) is 0 Å². The second-order valence-corrected chi connectivity index (χ2v) is 4.85. The molecule has 0 aromatic carbocycles. The molecular weight excluding hydrogens is 258 g/mol. The minimum atomic E-state index is 0.303. The number of ether oxygens (including phenoxy) is 1. The van der Waals surface area contributed by atoms with Gasteiger partial charge in [-0.15, -0.1) is 0 Å². The van der Waals surface area contributed by atoms with Crippen LogP contribution >= 0.6 is 15.9 Å². The molecule has 1 fully saturated rings. The number of furan rings is 1. The number of nitrogens with two attached hydrogens (primary N) is 1. The van der Waals surface area contributed by atoms with E-state index in [1.807, 2.05) is 12.1 Å². The van der Waals surface area contributed by atoms with E-state index in [1.165, 1.54) is 6.42 Å². The van der Waals surface area contributed by atoms with E-state index in [0.717, 1.165) is 29.7 Å². The topological polar surface area (TPSA) is 48.4 Å². The van der Waals surface area contributed by atoms with Gasteiger partial charge in [-0.1, -0.05) is 0 Å². The molecule has 2 rings (SSSR count). The molecule has 2 atom stereocenters. The number of rotatable bonds is 3. The second kappa shape index (κ2) is 5.14. The van der Waals surface area contributed by atoms with Crippen LogP contribution in [0.5, 0.6) is 0 Å². The lowest BCUT2D eigenvalue weighted by molar-refractivity contribution is 0.00419. The fraction of sp³-hybridized carbons (Fsp3) is 0.636. The lowest BCUT2D eigenvalue weighted by Crippen LogP contribution is -2.32. The summed E-state index contributed by atoms with van der Waals surface area (Å²) in [5.41, 5.74) is 5.89. The molecule has 1 heterocycles. The third-order valence-corrected chi connectivity index (χ3v) is 3.18. The largest absolute Gasteiger partial charge is 0.452 e. The molecule has 0 spiro atoms. The van der Waals surface area contributed by atoms with Crippen molar-refractivity contribution in [3.8, 4) is 0 Å². The molecule has 1 aromatic rings. The molecule has 15 heavy (non-hydrogen) atoms. The van der Waals surface area contributed by atoms with Crippen LogP contribution in [-0.4, -0.2) is 12.1 Å². The quantitative estimate of drug-likeness (QED) is 0.922. The first-order chi connectivity index (χ1) is 7.24. The summed E-state index contributed by atoms with van der Waals surface area (Å²) in [6, 6.07) is 4.12. The summed E-state index contributed by atoms with van der Waals surface area (Å²) in [7, 11) is 0. The van der Waals surface area contributed by atoms with Crippen LogP contribution in [0.1, 0.15) is 31.4 Å². The molecule has 2 unspecified atom stereocenters. The van der Waals surface area contributed by atoms with Crippen LogP contribution in [0.15, 0.2) is 21.2 Å². The average Bonchev–Trinajstić information content (AvgIpc) is 2.62. The highest BCUT2D eigenvalue weighted by atomic mass is 79.9. The highest BCUT2D eigenvalue weighted by Gasteiger charge is 2.19. The molecule has 2 N–H and O–H groups in total. The Morgan fingerprint density at radius 3 is 3.00 bits per heavy atom. The van der Waals surface area contributed by atoms with Crippen molar-refractivity contribution in [1.29, 1.82) is 0 Å². The maximum absolute atomic E-state index is 5.89. The van der Waals surface area contributed by atoms with E-state index in [-0.39, 0.29) is 0 Å². The predicted octanol–water partition coefficient (Wildman–Crippen LogP) is 2.83. The van der Waals surface area contributed by atoms with E-state index < -0.39 is 0 Å². The highest BCUT2D eigenvalue weighted by molar-refractivity contribution is 9.10. The Morgan fingerprint density at radius 2 is 2.33 bits per heavy atom. The first kappa shape index (κ1) is 11.2. The minimum Gasteiger partial charge on any atom is -0.452 e. The molecule has 0 amide bonds. The van der Waals surface area contributed by atoms with Gasteiger partial charge in [-0.05, 0) is 53.7 Å². The Hall–Kier alpha value is -0.320. The number of hydrogen-bond donors (Lipinski definition) is 1. The van der Waals surface area contributed by atoms with Gasteiger partial charge in [-0.3, -0.25) is 0 Å². The van der Waals surface area contributed by atoms with Crippen molar-refractivity contribution >= 4 is 15.9 Å². The van der Waals surface area contributed by atoms with Crippen LogP contribution in [0.3, 0.4) is 0 Å². The summed E-state index contributed by atoms with van der Waals surface area (Å²) < 4.78 is 11.9. The van der Waals surface area contributed by atoms with Crippen LogP contribution in [0.2, 0.25) is 0 Å². The molecule has 0 radical (unpaired) electrons.